The number of carbonyl (C=O) groups is 2. The lowest BCUT2D eigenvalue weighted by molar-refractivity contribution is -0.139. The number of hydrogen-bond donors (Lipinski definition) is 2. The van der Waals surface area contributed by atoms with Gasteiger partial charge < -0.3 is 15.0 Å². The van der Waals surface area contributed by atoms with Gasteiger partial charge in [-0.2, -0.15) is 5.10 Å². The van der Waals surface area contributed by atoms with Gasteiger partial charge in [0.1, 0.15) is 11.6 Å². The first kappa shape index (κ1) is 17.9. The smallest absolute Gasteiger partial charge is 0.225 e. The summed E-state index contributed by atoms with van der Waals surface area (Å²) in [6.07, 6.45) is 0.939. The van der Waals surface area contributed by atoms with Crippen molar-refractivity contribution in [1.29, 1.82) is 0 Å². The number of rotatable bonds is 6. The Bertz CT molecular complexity index is 789. The Morgan fingerprint density at radius 1 is 1.46 bits per heavy atom. The zero-order valence-electron chi connectivity index (χ0n) is 15.0. The van der Waals surface area contributed by atoms with Gasteiger partial charge in [-0.15, -0.1) is 0 Å². The average molecular weight is 357 g/mol. The summed E-state index contributed by atoms with van der Waals surface area (Å²) in [4.78, 5) is 30.6. The maximum Gasteiger partial charge on any atom is 0.225 e. The second-order valence-corrected chi connectivity index (χ2v) is 6.42. The number of ether oxygens (including phenoxy) is 1. The highest BCUT2D eigenvalue weighted by Crippen LogP contribution is 2.21. The molecule has 1 aliphatic rings. The number of aromatic amines is 1. The van der Waals surface area contributed by atoms with E-state index in [1.54, 1.807) is 12.0 Å². The van der Waals surface area contributed by atoms with Crippen LogP contribution < -0.4 is 10.1 Å². The van der Waals surface area contributed by atoms with Gasteiger partial charge in [-0.05, 0) is 31.0 Å². The van der Waals surface area contributed by atoms with Crippen molar-refractivity contribution in [1.82, 2.24) is 25.4 Å². The lowest BCUT2D eigenvalue weighted by Gasteiger charge is -2.32. The molecule has 2 heterocycles. The summed E-state index contributed by atoms with van der Waals surface area (Å²) < 4.78 is 5.22. The third kappa shape index (κ3) is 4.38. The quantitative estimate of drug-likeness (QED) is 0.808. The number of methoxy groups -OCH3 is 1. The van der Waals surface area contributed by atoms with Gasteiger partial charge in [0, 0.05) is 19.5 Å². The van der Waals surface area contributed by atoms with Crippen molar-refractivity contribution in [3.8, 4) is 5.75 Å². The monoisotopic (exact) mass is 357 g/mol. The minimum atomic E-state index is -0.224. The summed E-state index contributed by atoms with van der Waals surface area (Å²) in [6.45, 7) is 2.97. The summed E-state index contributed by atoms with van der Waals surface area (Å²) >= 11 is 0. The molecule has 1 saturated heterocycles. The van der Waals surface area contributed by atoms with Crippen LogP contribution in [0.15, 0.2) is 24.3 Å². The van der Waals surface area contributed by atoms with Gasteiger partial charge in [-0.3, -0.25) is 14.7 Å². The highest BCUT2D eigenvalue weighted by molar-refractivity contribution is 5.83. The molecule has 1 fully saturated rings. The fourth-order valence-electron chi connectivity index (χ4n) is 3.05. The van der Waals surface area contributed by atoms with Crippen LogP contribution in [0.3, 0.4) is 0 Å². The van der Waals surface area contributed by atoms with E-state index in [1.165, 1.54) is 0 Å². The zero-order valence-corrected chi connectivity index (χ0v) is 15.0. The summed E-state index contributed by atoms with van der Waals surface area (Å²) in [5, 5.41) is 9.61. The highest BCUT2D eigenvalue weighted by Gasteiger charge is 2.30. The van der Waals surface area contributed by atoms with Crippen LogP contribution in [0.4, 0.5) is 0 Å². The molecule has 0 aliphatic carbocycles. The molecule has 8 nitrogen and oxygen atoms in total. The molecule has 2 amide bonds. The molecule has 3 rings (SSSR count). The predicted octanol–water partition coefficient (Wildman–Crippen LogP) is 1.18. The molecule has 0 spiro atoms. The van der Waals surface area contributed by atoms with Crippen LogP contribution in [0.5, 0.6) is 5.75 Å². The molecule has 138 valence electrons. The van der Waals surface area contributed by atoms with Gasteiger partial charge in [0.25, 0.3) is 0 Å². The lowest BCUT2D eigenvalue weighted by atomic mass is 9.96. The van der Waals surface area contributed by atoms with Gasteiger partial charge in [-0.1, -0.05) is 12.1 Å². The molecule has 0 saturated carbocycles. The predicted molar refractivity (Wildman–Crippen MR) is 94.1 cm³/mol. The van der Waals surface area contributed by atoms with Crippen molar-refractivity contribution in [2.24, 2.45) is 5.92 Å². The van der Waals surface area contributed by atoms with Crippen LogP contribution in [0.2, 0.25) is 0 Å². The number of carbonyl (C=O) groups excluding carboxylic acids is 2. The molecule has 8 heteroatoms. The molecule has 2 N–H and O–H groups in total. The highest BCUT2D eigenvalue weighted by atomic mass is 16.5. The van der Waals surface area contributed by atoms with Crippen molar-refractivity contribution >= 4 is 11.8 Å². The van der Waals surface area contributed by atoms with Crippen LogP contribution in [0.1, 0.15) is 30.1 Å². The van der Waals surface area contributed by atoms with E-state index in [0.29, 0.717) is 37.6 Å². The fourth-order valence-corrected chi connectivity index (χ4v) is 3.05. The molecular weight excluding hydrogens is 334 g/mol. The SMILES string of the molecule is COc1cccc(CN2C[C@@H](C(=O)NCc3n[nH]c(C)n3)CCC2=O)c1. The second kappa shape index (κ2) is 7.99. The first-order valence-corrected chi connectivity index (χ1v) is 8.61. The molecule has 1 atom stereocenters. The Morgan fingerprint density at radius 3 is 3.04 bits per heavy atom. The first-order chi connectivity index (χ1) is 12.5. The topological polar surface area (TPSA) is 100 Å². The fraction of sp³-hybridized carbons (Fsp3) is 0.444. The molecule has 0 radical (unpaired) electrons. The van der Waals surface area contributed by atoms with E-state index in [0.717, 1.165) is 11.3 Å². The number of aryl methyl sites for hydroxylation is 1. The van der Waals surface area contributed by atoms with Gasteiger partial charge in [0.2, 0.25) is 11.8 Å². The minimum absolute atomic E-state index is 0.0708. The molecular formula is C18H23N5O3. The van der Waals surface area contributed by atoms with Gasteiger partial charge in [0.05, 0.1) is 19.6 Å². The van der Waals surface area contributed by atoms with E-state index in [1.807, 2.05) is 31.2 Å². The number of nitrogens with zero attached hydrogens (tertiary/aromatic N) is 3. The summed E-state index contributed by atoms with van der Waals surface area (Å²) in [6, 6.07) is 7.61. The van der Waals surface area contributed by atoms with Gasteiger partial charge in [-0.25, -0.2) is 4.98 Å². The van der Waals surface area contributed by atoms with Crippen LogP contribution >= 0.6 is 0 Å². The Hall–Kier alpha value is -2.90. The first-order valence-electron chi connectivity index (χ1n) is 8.61. The number of piperidine rings is 1. The van der Waals surface area contributed by atoms with Crippen molar-refractivity contribution in [3.05, 3.63) is 41.5 Å². The third-order valence-corrected chi connectivity index (χ3v) is 4.44. The number of nitrogens with one attached hydrogen (secondary N) is 2. The Morgan fingerprint density at radius 2 is 2.31 bits per heavy atom. The number of benzene rings is 1. The summed E-state index contributed by atoms with van der Waals surface area (Å²) in [5.41, 5.74) is 0.981. The van der Waals surface area contributed by atoms with E-state index < -0.39 is 0 Å². The number of aromatic nitrogens is 3. The minimum Gasteiger partial charge on any atom is -0.497 e. The number of H-pyrrole nitrogens is 1. The Kier molecular flexibility index (Phi) is 5.50. The molecule has 1 aromatic carbocycles. The Balaban J connectivity index is 1.58. The molecule has 0 bridgehead atoms. The van der Waals surface area contributed by atoms with Crippen LogP contribution in [0, 0.1) is 12.8 Å². The van der Waals surface area contributed by atoms with E-state index in [9.17, 15) is 9.59 Å². The van der Waals surface area contributed by atoms with Crippen molar-refractivity contribution in [2.75, 3.05) is 13.7 Å². The molecule has 1 aromatic heterocycles. The average Bonchev–Trinajstić information content (AvgIpc) is 3.07. The van der Waals surface area contributed by atoms with Crippen molar-refractivity contribution < 1.29 is 14.3 Å². The number of hydrogen-bond acceptors (Lipinski definition) is 5. The number of amides is 2. The lowest BCUT2D eigenvalue weighted by Crippen LogP contribution is -2.45. The third-order valence-electron chi connectivity index (χ3n) is 4.44. The van der Waals surface area contributed by atoms with Crippen molar-refractivity contribution in [2.45, 2.75) is 32.9 Å². The van der Waals surface area contributed by atoms with E-state index >= 15 is 0 Å². The van der Waals surface area contributed by atoms with Crippen LogP contribution in [-0.4, -0.2) is 45.6 Å². The summed E-state index contributed by atoms with van der Waals surface area (Å²) in [7, 11) is 1.61. The molecule has 2 aromatic rings. The zero-order chi connectivity index (χ0) is 18.5. The normalized spacial score (nSPS) is 17.2. The van der Waals surface area contributed by atoms with E-state index in [2.05, 4.69) is 20.5 Å². The van der Waals surface area contributed by atoms with E-state index in [4.69, 9.17) is 4.74 Å². The van der Waals surface area contributed by atoms with Crippen LogP contribution in [0.25, 0.3) is 0 Å². The Labute approximate surface area is 151 Å². The van der Waals surface area contributed by atoms with Crippen molar-refractivity contribution in [3.63, 3.8) is 0 Å². The molecule has 26 heavy (non-hydrogen) atoms. The van der Waals surface area contributed by atoms with Gasteiger partial charge >= 0.3 is 0 Å². The number of likely N-dealkylation sites (tertiary alicyclic amines) is 1. The van der Waals surface area contributed by atoms with E-state index in [-0.39, 0.29) is 24.3 Å². The molecule has 1 aliphatic heterocycles. The van der Waals surface area contributed by atoms with Crippen LogP contribution in [-0.2, 0) is 22.7 Å². The van der Waals surface area contributed by atoms with Gasteiger partial charge in [0.15, 0.2) is 5.82 Å². The largest absolute Gasteiger partial charge is 0.497 e. The standard InChI is InChI=1S/C18H23N5O3/c1-12-20-16(22-21-12)9-19-18(25)14-6-7-17(24)23(11-14)10-13-4-3-5-15(8-13)26-2/h3-5,8,14H,6-7,9-11H2,1-2H3,(H,19,25)(H,20,21,22)/t14-/m0/s1. The summed E-state index contributed by atoms with van der Waals surface area (Å²) in [5.74, 6) is 1.79. The maximum atomic E-state index is 12.4. The molecule has 0 unspecified atom stereocenters. The second-order valence-electron chi connectivity index (χ2n) is 6.42. The maximum absolute atomic E-state index is 12.4.